The second kappa shape index (κ2) is 10.2. The molecule has 0 spiro atoms. The van der Waals surface area contributed by atoms with Crippen LogP contribution in [-0.4, -0.2) is 10.8 Å². The van der Waals surface area contributed by atoms with E-state index in [4.69, 9.17) is 0 Å². The fraction of sp³-hybridized carbons (Fsp3) is 0.200. The number of hydrogen-bond acceptors (Lipinski definition) is 3. The molecule has 0 atom stereocenters. The van der Waals surface area contributed by atoms with Crippen molar-refractivity contribution in [1.29, 1.82) is 0 Å². The van der Waals surface area contributed by atoms with Gasteiger partial charge in [-0.3, -0.25) is 9.78 Å². The van der Waals surface area contributed by atoms with Crippen molar-refractivity contribution in [2.45, 2.75) is 32.7 Å². The Morgan fingerprint density at radius 1 is 0.893 bits per heavy atom. The van der Waals surface area contributed by atoms with Crippen molar-refractivity contribution in [2.75, 3.05) is 0 Å². The summed E-state index contributed by atoms with van der Waals surface area (Å²) in [5, 5.41) is 3.53. The average Bonchev–Trinajstić information content (AvgIpc) is 2.77. The van der Waals surface area contributed by atoms with E-state index in [2.05, 4.69) is 29.4 Å². The Kier molecular flexibility index (Phi) is 7.14. The fourth-order valence-corrected chi connectivity index (χ4v) is 3.14. The van der Waals surface area contributed by atoms with Crippen molar-refractivity contribution in [1.82, 2.24) is 10.3 Å². The smallest absolute Gasteiger partial charge is 0.165 e. The van der Waals surface area contributed by atoms with Gasteiger partial charge in [0.2, 0.25) is 0 Å². The molecule has 0 saturated heterocycles. The Hall–Kier alpha value is -3.20. The SMILES string of the molecule is CCCCC(=O)/C(=C(/NCc1ccccc1)c1cccnc1)c1ccccc1. The summed E-state index contributed by atoms with van der Waals surface area (Å²) in [5.74, 6) is 0.160. The predicted molar refractivity (Wildman–Crippen MR) is 115 cm³/mol. The van der Waals surface area contributed by atoms with Crippen molar-refractivity contribution in [3.63, 3.8) is 0 Å². The first-order chi connectivity index (χ1) is 13.8. The molecule has 0 unspecified atom stereocenters. The zero-order chi connectivity index (χ0) is 19.6. The zero-order valence-electron chi connectivity index (χ0n) is 16.3. The predicted octanol–water partition coefficient (Wildman–Crippen LogP) is 5.50. The van der Waals surface area contributed by atoms with Gasteiger partial charge in [-0.1, -0.05) is 74.0 Å². The van der Waals surface area contributed by atoms with E-state index >= 15 is 0 Å². The molecule has 1 N–H and O–H groups in total. The summed E-state index contributed by atoms with van der Waals surface area (Å²) in [5.41, 5.74) is 4.59. The van der Waals surface area contributed by atoms with E-state index in [9.17, 15) is 4.79 Å². The number of nitrogens with zero attached hydrogens (tertiary/aromatic N) is 1. The van der Waals surface area contributed by atoms with Crippen LogP contribution in [0.25, 0.3) is 11.3 Å². The number of carbonyl (C=O) groups is 1. The number of carbonyl (C=O) groups excluding carboxylic acids is 1. The van der Waals surface area contributed by atoms with E-state index in [-0.39, 0.29) is 5.78 Å². The number of allylic oxidation sites excluding steroid dienone is 1. The van der Waals surface area contributed by atoms with E-state index in [0.717, 1.165) is 40.8 Å². The normalized spacial score (nSPS) is 11.6. The third-order valence-corrected chi connectivity index (χ3v) is 4.61. The maximum atomic E-state index is 13.2. The summed E-state index contributed by atoms with van der Waals surface area (Å²) in [6.45, 7) is 2.75. The van der Waals surface area contributed by atoms with Crippen molar-refractivity contribution in [2.24, 2.45) is 0 Å². The third kappa shape index (κ3) is 5.17. The molecule has 0 fully saturated rings. The highest BCUT2D eigenvalue weighted by atomic mass is 16.1. The lowest BCUT2D eigenvalue weighted by Crippen LogP contribution is -2.17. The van der Waals surface area contributed by atoms with Crippen molar-refractivity contribution >= 4 is 17.1 Å². The summed E-state index contributed by atoms with van der Waals surface area (Å²) in [7, 11) is 0. The van der Waals surface area contributed by atoms with Gasteiger partial charge in [-0.2, -0.15) is 0 Å². The minimum Gasteiger partial charge on any atom is -0.380 e. The number of pyridine rings is 1. The fourth-order valence-electron chi connectivity index (χ4n) is 3.14. The van der Waals surface area contributed by atoms with Crippen LogP contribution < -0.4 is 5.32 Å². The number of Topliss-reactive ketones (excluding diaryl/α,β-unsaturated/α-hetero) is 1. The molecule has 1 heterocycles. The van der Waals surface area contributed by atoms with Crippen LogP contribution in [0.15, 0.2) is 85.2 Å². The zero-order valence-corrected chi connectivity index (χ0v) is 16.3. The molecular weight excluding hydrogens is 344 g/mol. The molecule has 3 nitrogen and oxygen atoms in total. The molecule has 3 heteroatoms. The van der Waals surface area contributed by atoms with E-state index in [1.165, 1.54) is 0 Å². The van der Waals surface area contributed by atoms with Gasteiger partial charge in [-0.15, -0.1) is 0 Å². The van der Waals surface area contributed by atoms with Gasteiger partial charge in [0.15, 0.2) is 5.78 Å². The summed E-state index contributed by atoms with van der Waals surface area (Å²) in [4.78, 5) is 17.5. The maximum absolute atomic E-state index is 13.2. The van der Waals surface area contributed by atoms with Gasteiger partial charge in [-0.05, 0) is 29.7 Å². The topological polar surface area (TPSA) is 42.0 Å². The van der Waals surface area contributed by atoms with E-state index in [1.54, 1.807) is 6.20 Å². The summed E-state index contributed by atoms with van der Waals surface area (Å²) < 4.78 is 0. The lowest BCUT2D eigenvalue weighted by molar-refractivity contribution is -0.113. The van der Waals surface area contributed by atoms with Crippen LogP contribution in [0.2, 0.25) is 0 Å². The van der Waals surface area contributed by atoms with E-state index < -0.39 is 0 Å². The second-order valence-corrected chi connectivity index (χ2v) is 6.72. The Bertz CT molecular complexity index is 903. The number of aromatic nitrogens is 1. The van der Waals surface area contributed by atoms with Gasteiger partial charge < -0.3 is 5.32 Å². The first-order valence-electron chi connectivity index (χ1n) is 9.80. The van der Waals surface area contributed by atoms with Crippen molar-refractivity contribution in [3.05, 3.63) is 102 Å². The van der Waals surface area contributed by atoms with Crippen LogP contribution in [-0.2, 0) is 11.3 Å². The molecular formula is C25H26N2O. The van der Waals surface area contributed by atoms with Gasteiger partial charge in [0.05, 0.1) is 5.70 Å². The molecule has 0 saturated carbocycles. The summed E-state index contributed by atoms with van der Waals surface area (Å²) in [6, 6.07) is 24.0. The molecule has 3 aromatic rings. The second-order valence-electron chi connectivity index (χ2n) is 6.72. The van der Waals surface area contributed by atoms with E-state index in [0.29, 0.717) is 13.0 Å². The standard InChI is InChI=1S/C25H26N2O/c1-2-3-16-23(28)24(21-13-8-5-9-14-21)25(22-15-10-17-26-19-22)27-18-20-11-6-4-7-12-20/h4-15,17,19,27H,2-3,16,18H2,1H3/b25-24+. The lowest BCUT2D eigenvalue weighted by Gasteiger charge is -2.18. The molecule has 3 rings (SSSR count). The molecule has 28 heavy (non-hydrogen) atoms. The molecule has 0 amide bonds. The summed E-state index contributed by atoms with van der Waals surface area (Å²) >= 11 is 0. The van der Waals surface area contributed by atoms with Crippen molar-refractivity contribution in [3.8, 4) is 0 Å². The molecule has 0 aliphatic carbocycles. The number of hydrogen-bond donors (Lipinski definition) is 1. The van der Waals surface area contributed by atoms with Crippen LogP contribution in [0, 0.1) is 0 Å². The Labute approximate surface area is 167 Å². The number of nitrogens with one attached hydrogen (secondary N) is 1. The van der Waals surface area contributed by atoms with Crippen LogP contribution in [0.1, 0.15) is 42.9 Å². The molecule has 0 radical (unpaired) electrons. The molecule has 1 aromatic heterocycles. The minimum atomic E-state index is 0.160. The Morgan fingerprint density at radius 2 is 1.57 bits per heavy atom. The molecule has 0 bridgehead atoms. The van der Waals surface area contributed by atoms with Gasteiger partial charge in [0, 0.05) is 36.5 Å². The number of benzene rings is 2. The number of unbranched alkanes of at least 4 members (excludes halogenated alkanes) is 1. The van der Waals surface area contributed by atoms with Crippen molar-refractivity contribution < 1.29 is 4.79 Å². The first-order valence-corrected chi connectivity index (χ1v) is 9.80. The minimum absolute atomic E-state index is 0.160. The third-order valence-electron chi connectivity index (χ3n) is 4.61. The van der Waals surface area contributed by atoms with E-state index in [1.807, 2.05) is 66.9 Å². The molecule has 0 aliphatic rings. The highest BCUT2D eigenvalue weighted by Crippen LogP contribution is 2.27. The van der Waals surface area contributed by atoms with Crippen LogP contribution in [0.4, 0.5) is 0 Å². The quantitative estimate of drug-likeness (QED) is 0.506. The molecule has 0 aliphatic heterocycles. The lowest BCUT2D eigenvalue weighted by atomic mass is 9.94. The highest BCUT2D eigenvalue weighted by Gasteiger charge is 2.19. The van der Waals surface area contributed by atoms with Gasteiger partial charge in [0.25, 0.3) is 0 Å². The highest BCUT2D eigenvalue weighted by molar-refractivity contribution is 6.27. The van der Waals surface area contributed by atoms with Crippen LogP contribution in [0.5, 0.6) is 0 Å². The van der Waals surface area contributed by atoms with Crippen LogP contribution >= 0.6 is 0 Å². The first kappa shape index (κ1) is 19.6. The molecule has 2 aromatic carbocycles. The monoisotopic (exact) mass is 370 g/mol. The maximum Gasteiger partial charge on any atom is 0.165 e. The van der Waals surface area contributed by atoms with Gasteiger partial charge >= 0.3 is 0 Å². The number of rotatable bonds is 9. The van der Waals surface area contributed by atoms with Gasteiger partial charge in [0.1, 0.15) is 0 Å². The largest absolute Gasteiger partial charge is 0.380 e. The number of ketones is 1. The van der Waals surface area contributed by atoms with Crippen LogP contribution in [0.3, 0.4) is 0 Å². The Morgan fingerprint density at radius 3 is 2.21 bits per heavy atom. The van der Waals surface area contributed by atoms with Gasteiger partial charge in [-0.25, -0.2) is 0 Å². The average molecular weight is 370 g/mol. The Balaban J connectivity index is 2.07. The summed E-state index contributed by atoms with van der Waals surface area (Å²) in [6.07, 6.45) is 5.97. The molecule has 142 valence electrons.